The van der Waals surface area contributed by atoms with Crippen molar-refractivity contribution in [3.63, 3.8) is 0 Å². The number of thioether (sulfide) groups is 1. The SMILES string of the molecule is CC(Sc1cccc(NC(=O)C2CC2)c1)C(=O)Nc1ccc(Cl)c(Cl)c1. The van der Waals surface area contributed by atoms with Crippen molar-refractivity contribution in [1.29, 1.82) is 0 Å². The zero-order valence-electron chi connectivity index (χ0n) is 14.1. The van der Waals surface area contributed by atoms with E-state index >= 15 is 0 Å². The van der Waals surface area contributed by atoms with E-state index in [4.69, 9.17) is 23.2 Å². The summed E-state index contributed by atoms with van der Waals surface area (Å²) in [5.74, 6) is 0.0839. The summed E-state index contributed by atoms with van der Waals surface area (Å²) in [4.78, 5) is 25.2. The average molecular weight is 409 g/mol. The van der Waals surface area contributed by atoms with Crippen LogP contribution < -0.4 is 10.6 Å². The lowest BCUT2D eigenvalue weighted by molar-refractivity contribution is -0.117. The Morgan fingerprint density at radius 2 is 1.77 bits per heavy atom. The lowest BCUT2D eigenvalue weighted by atomic mass is 10.3. The van der Waals surface area contributed by atoms with Crippen LogP contribution in [0.4, 0.5) is 11.4 Å². The highest BCUT2D eigenvalue weighted by Crippen LogP contribution is 2.32. The molecule has 0 saturated heterocycles. The van der Waals surface area contributed by atoms with E-state index < -0.39 is 0 Å². The van der Waals surface area contributed by atoms with Gasteiger partial charge in [0, 0.05) is 22.2 Å². The zero-order valence-corrected chi connectivity index (χ0v) is 16.4. The maximum Gasteiger partial charge on any atom is 0.237 e. The number of benzene rings is 2. The van der Waals surface area contributed by atoms with E-state index in [-0.39, 0.29) is 23.0 Å². The Hall–Kier alpha value is -1.69. The second-order valence-electron chi connectivity index (χ2n) is 6.17. The number of halogens is 2. The monoisotopic (exact) mass is 408 g/mol. The summed E-state index contributed by atoms with van der Waals surface area (Å²) >= 11 is 13.3. The Morgan fingerprint density at radius 1 is 1.04 bits per heavy atom. The summed E-state index contributed by atoms with van der Waals surface area (Å²) in [6.45, 7) is 1.83. The van der Waals surface area contributed by atoms with E-state index in [1.807, 2.05) is 31.2 Å². The van der Waals surface area contributed by atoms with Crippen molar-refractivity contribution in [2.45, 2.75) is 29.9 Å². The predicted molar refractivity (Wildman–Crippen MR) is 108 cm³/mol. The van der Waals surface area contributed by atoms with Gasteiger partial charge in [0.2, 0.25) is 11.8 Å². The molecule has 3 rings (SSSR count). The second kappa shape index (κ2) is 8.33. The fraction of sp³-hybridized carbons (Fsp3) is 0.263. The molecule has 136 valence electrons. The van der Waals surface area contributed by atoms with E-state index in [1.165, 1.54) is 11.8 Å². The molecule has 1 fully saturated rings. The van der Waals surface area contributed by atoms with Crippen LogP contribution in [0.1, 0.15) is 19.8 Å². The third-order valence-electron chi connectivity index (χ3n) is 3.92. The van der Waals surface area contributed by atoms with Gasteiger partial charge >= 0.3 is 0 Å². The third kappa shape index (κ3) is 5.16. The first-order valence-electron chi connectivity index (χ1n) is 8.26. The highest BCUT2D eigenvalue weighted by molar-refractivity contribution is 8.00. The van der Waals surface area contributed by atoms with Gasteiger partial charge in [-0.1, -0.05) is 29.3 Å². The lowest BCUT2D eigenvalue weighted by Crippen LogP contribution is -2.22. The summed E-state index contributed by atoms with van der Waals surface area (Å²) in [5, 5.41) is 6.26. The van der Waals surface area contributed by atoms with Crippen molar-refractivity contribution < 1.29 is 9.59 Å². The number of amides is 2. The standard InChI is InChI=1S/C19H18Cl2N2O2S/c1-11(18(24)22-14-7-8-16(20)17(21)10-14)26-15-4-2-3-13(9-15)23-19(25)12-5-6-12/h2-4,7-12H,5-6H2,1H3,(H,22,24)(H,23,25). The van der Waals surface area contributed by atoms with Crippen molar-refractivity contribution in [2.24, 2.45) is 5.92 Å². The number of carbonyl (C=O) groups is 2. The molecular formula is C19H18Cl2N2O2S. The van der Waals surface area contributed by atoms with Gasteiger partial charge in [0.25, 0.3) is 0 Å². The van der Waals surface area contributed by atoms with Gasteiger partial charge in [-0.15, -0.1) is 11.8 Å². The van der Waals surface area contributed by atoms with Crippen molar-refractivity contribution in [2.75, 3.05) is 10.6 Å². The highest BCUT2D eigenvalue weighted by Gasteiger charge is 2.29. The Balaban J connectivity index is 1.59. The van der Waals surface area contributed by atoms with E-state index in [1.54, 1.807) is 18.2 Å². The van der Waals surface area contributed by atoms with Crippen molar-refractivity contribution >= 4 is 58.2 Å². The predicted octanol–water partition coefficient (Wildman–Crippen LogP) is 5.46. The lowest BCUT2D eigenvalue weighted by Gasteiger charge is -2.13. The molecule has 1 atom stereocenters. The zero-order chi connectivity index (χ0) is 18.7. The van der Waals surface area contributed by atoms with Crippen LogP contribution in [0.2, 0.25) is 10.0 Å². The van der Waals surface area contributed by atoms with Gasteiger partial charge in [-0.2, -0.15) is 0 Å². The first kappa shape index (κ1) is 19.1. The first-order chi connectivity index (χ1) is 12.4. The van der Waals surface area contributed by atoms with Gasteiger partial charge in [-0.25, -0.2) is 0 Å². The van der Waals surface area contributed by atoms with Crippen LogP contribution in [0.5, 0.6) is 0 Å². The maximum atomic E-state index is 12.4. The molecule has 26 heavy (non-hydrogen) atoms. The van der Waals surface area contributed by atoms with Crippen molar-refractivity contribution in [3.05, 3.63) is 52.5 Å². The highest BCUT2D eigenvalue weighted by atomic mass is 35.5. The molecule has 0 heterocycles. The summed E-state index contributed by atoms with van der Waals surface area (Å²) < 4.78 is 0. The molecule has 2 amide bonds. The van der Waals surface area contributed by atoms with Crippen LogP contribution in [0.15, 0.2) is 47.4 Å². The number of carbonyl (C=O) groups excluding carboxylic acids is 2. The second-order valence-corrected chi connectivity index (χ2v) is 8.40. The molecule has 0 spiro atoms. The van der Waals surface area contributed by atoms with Gasteiger partial charge in [-0.05, 0) is 56.2 Å². The van der Waals surface area contributed by atoms with Crippen LogP contribution in [0, 0.1) is 5.92 Å². The summed E-state index contributed by atoms with van der Waals surface area (Å²) in [5.41, 5.74) is 1.35. The first-order valence-corrected chi connectivity index (χ1v) is 9.89. The number of hydrogen-bond donors (Lipinski definition) is 2. The quantitative estimate of drug-likeness (QED) is 0.623. The molecule has 7 heteroatoms. The minimum absolute atomic E-state index is 0.0672. The van der Waals surface area contributed by atoms with Gasteiger partial charge in [0.15, 0.2) is 0 Å². The number of hydrogen-bond acceptors (Lipinski definition) is 3. The fourth-order valence-corrected chi connectivity index (χ4v) is 3.54. The molecule has 1 saturated carbocycles. The van der Waals surface area contributed by atoms with Crippen LogP contribution >= 0.6 is 35.0 Å². The van der Waals surface area contributed by atoms with E-state index in [0.717, 1.165) is 23.4 Å². The molecule has 1 aliphatic rings. The number of nitrogens with one attached hydrogen (secondary N) is 2. The minimum Gasteiger partial charge on any atom is -0.326 e. The molecular weight excluding hydrogens is 391 g/mol. The molecule has 2 aromatic carbocycles. The molecule has 2 N–H and O–H groups in total. The van der Waals surface area contributed by atoms with Crippen LogP contribution in [0.3, 0.4) is 0 Å². The molecule has 0 bridgehead atoms. The third-order valence-corrected chi connectivity index (χ3v) is 5.75. The van der Waals surface area contributed by atoms with Crippen LogP contribution in [-0.4, -0.2) is 17.1 Å². The van der Waals surface area contributed by atoms with Gasteiger partial charge in [-0.3, -0.25) is 9.59 Å². The molecule has 0 aromatic heterocycles. The summed E-state index contributed by atoms with van der Waals surface area (Å²) in [6, 6.07) is 12.5. The average Bonchev–Trinajstić information content (AvgIpc) is 3.43. The molecule has 1 unspecified atom stereocenters. The van der Waals surface area contributed by atoms with Crippen molar-refractivity contribution in [1.82, 2.24) is 0 Å². The number of anilines is 2. The fourth-order valence-electron chi connectivity index (χ4n) is 2.31. The van der Waals surface area contributed by atoms with Gasteiger partial charge in [0.05, 0.1) is 15.3 Å². The largest absolute Gasteiger partial charge is 0.326 e. The molecule has 1 aliphatic carbocycles. The Morgan fingerprint density at radius 3 is 2.46 bits per heavy atom. The van der Waals surface area contributed by atoms with E-state index in [2.05, 4.69) is 10.6 Å². The smallest absolute Gasteiger partial charge is 0.237 e. The van der Waals surface area contributed by atoms with E-state index in [9.17, 15) is 9.59 Å². The Labute approximate surface area is 166 Å². The normalized spacial score (nSPS) is 14.6. The maximum absolute atomic E-state index is 12.4. The number of rotatable bonds is 6. The van der Waals surface area contributed by atoms with Gasteiger partial charge in [0.1, 0.15) is 0 Å². The summed E-state index contributed by atoms with van der Waals surface area (Å²) in [6.07, 6.45) is 1.93. The molecule has 0 radical (unpaired) electrons. The minimum atomic E-state index is -0.321. The molecule has 4 nitrogen and oxygen atoms in total. The van der Waals surface area contributed by atoms with Crippen molar-refractivity contribution in [3.8, 4) is 0 Å². The summed E-state index contributed by atoms with van der Waals surface area (Å²) in [7, 11) is 0. The molecule has 2 aromatic rings. The Bertz CT molecular complexity index is 840. The van der Waals surface area contributed by atoms with Crippen LogP contribution in [-0.2, 0) is 9.59 Å². The Kier molecular flexibility index (Phi) is 6.12. The molecule has 0 aliphatic heterocycles. The topological polar surface area (TPSA) is 58.2 Å². The van der Waals surface area contributed by atoms with Crippen LogP contribution in [0.25, 0.3) is 0 Å². The van der Waals surface area contributed by atoms with Gasteiger partial charge < -0.3 is 10.6 Å². The van der Waals surface area contributed by atoms with E-state index in [0.29, 0.717) is 15.7 Å².